The fourth-order valence-electron chi connectivity index (χ4n) is 3.43. The Hall–Kier alpha value is -1.17. The van der Waals surface area contributed by atoms with E-state index in [9.17, 15) is 9.18 Å². The second kappa shape index (κ2) is 8.08. The smallest absolute Gasteiger partial charge is 0.231 e. The number of hydrogen-bond acceptors (Lipinski definition) is 3. The highest BCUT2D eigenvalue weighted by molar-refractivity contribution is 5.88. The fraction of sp³-hybridized carbons (Fsp3) is 0.588. The zero-order chi connectivity index (χ0) is 15.4. The summed E-state index contributed by atoms with van der Waals surface area (Å²) < 4.78 is 18.7. The molecule has 0 spiro atoms. The maximum atomic E-state index is 13.2. The molecule has 0 aliphatic carbocycles. The average Bonchev–Trinajstić information content (AvgIpc) is 2.57. The van der Waals surface area contributed by atoms with Crippen molar-refractivity contribution in [3.8, 4) is 0 Å². The van der Waals surface area contributed by atoms with Crippen LogP contribution in [0.15, 0.2) is 24.3 Å². The van der Waals surface area contributed by atoms with Crippen molar-refractivity contribution >= 4 is 18.3 Å². The number of hydrogen-bond donors (Lipinski definition) is 2. The van der Waals surface area contributed by atoms with Crippen molar-refractivity contribution in [2.45, 2.75) is 37.1 Å². The number of amides is 1. The van der Waals surface area contributed by atoms with Gasteiger partial charge in [0.15, 0.2) is 0 Å². The number of nitrogens with one attached hydrogen (secondary N) is 2. The van der Waals surface area contributed by atoms with Crippen molar-refractivity contribution in [3.63, 3.8) is 0 Å². The van der Waals surface area contributed by atoms with E-state index in [4.69, 9.17) is 4.74 Å². The molecule has 0 bridgehead atoms. The van der Waals surface area contributed by atoms with Gasteiger partial charge >= 0.3 is 0 Å². The zero-order valence-electron chi connectivity index (χ0n) is 13.1. The fourth-order valence-corrected chi connectivity index (χ4v) is 3.43. The Labute approximate surface area is 142 Å². The van der Waals surface area contributed by atoms with E-state index in [1.807, 2.05) is 0 Å². The van der Waals surface area contributed by atoms with Crippen molar-refractivity contribution in [1.29, 1.82) is 0 Å². The van der Waals surface area contributed by atoms with E-state index in [-0.39, 0.29) is 30.2 Å². The SMILES string of the molecule is Cl.O=C(N[C@H]1CCCNC1)C1(c2ccc(F)cc2)CCOCC1. The van der Waals surface area contributed by atoms with Crippen LogP contribution in [0.1, 0.15) is 31.2 Å². The first-order chi connectivity index (χ1) is 10.7. The van der Waals surface area contributed by atoms with Crippen LogP contribution in [0.25, 0.3) is 0 Å². The first kappa shape index (κ1) is 18.2. The third-order valence-electron chi connectivity index (χ3n) is 4.81. The summed E-state index contributed by atoms with van der Waals surface area (Å²) >= 11 is 0. The number of piperidine rings is 1. The summed E-state index contributed by atoms with van der Waals surface area (Å²) in [4.78, 5) is 13.0. The van der Waals surface area contributed by atoms with Gasteiger partial charge in [-0.3, -0.25) is 4.79 Å². The maximum absolute atomic E-state index is 13.2. The molecule has 23 heavy (non-hydrogen) atoms. The van der Waals surface area contributed by atoms with Crippen LogP contribution in [0, 0.1) is 5.82 Å². The molecule has 128 valence electrons. The summed E-state index contributed by atoms with van der Waals surface area (Å²) in [5, 5.41) is 6.51. The van der Waals surface area contributed by atoms with Crippen LogP contribution in [-0.4, -0.2) is 38.3 Å². The molecular weight excluding hydrogens is 319 g/mol. The molecule has 3 rings (SSSR count). The minimum absolute atomic E-state index is 0. The molecule has 0 aromatic heterocycles. The molecule has 1 aromatic carbocycles. The molecule has 1 amide bonds. The van der Waals surface area contributed by atoms with Gasteiger partial charge < -0.3 is 15.4 Å². The van der Waals surface area contributed by atoms with Gasteiger partial charge in [-0.1, -0.05) is 12.1 Å². The molecule has 2 aliphatic heterocycles. The van der Waals surface area contributed by atoms with E-state index in [1.165, 1.54) is 12.1 Å². The van der Waals surface area contributed by atoms with E-state index in [0.29, 0.717) is 26.1 Å². The Morgan fingerprint density at radius 1 is 1.26 bits per heavy atom. The molecule has 2 N–H and O–H groups in total. The van der Waals surface area contributed by atoms with Crippen molar-refractivity contribution in [2.75, 3.05) is 26.3 Å². The first-order valence-electron chi connectivity index (χ1n) is 8.06. The summed E-state index contributed by atoms with van der Waals surface area (Å²) in [6.07, 6.45) is 3.38. The quantitative estimate of drug-likeness (QED) is 0.885. The normalized spacial score (nSPS) is 23.6. The van der Waals surface area contributed by atoms with E-state index in [2.05, 4.69) is 10.6 Å². The standard InChI is InChI=1S/C17H23FN2O2.ClH/c18-14-5-3-13(4-6-14)17(7-10-22-11-8-17)16(21)20-15-2-1-9-19-12-15;/h3-6,15,19H,1-2,7-12H2,(H,20,21);1H/t15-;/m0./s1. The van der Waals surface area contributed by atoms with Crippen LogP contribution < -0.4 is 10.6 Å². The third-order valence-corrected chi connectivity index (χ3v) is 4.81. The van der Waals surface area contributed by atoms with Gasteiger partial charge in [0.1, 0.15) is 5.82 Å². The lowest BCUT2D eigenvalue weighted by molar-refractivity contribution is -0.131. The van der Waals surface area contributed by atoms with Gasteiger partial charge in [0.25, 0.3) is 0 Å². The van der Waals surface area contributed by atoms with Crippen LogP contribution in [-0.2, 0) is 14.9 Å². The molecule has 6 heteroatoms. The van der Waals surface area contributed by atoms with Crippen molar-refractivity contribution in [1.82, 2.24) is 10.6 Å². The van der Waals surface area contributed by atoms with Gasteiger partial charge in [0, 0.05) is 25.8 Å². The van der Waals surface area contributed by atoms with Crippen LogP contribution in [0.4, 0.5) is 4.39 Å². The molecule has 0 radical (unpaired) electrons. The number of carbonyl (C=O) groups excluding carboxylic acids is 1. The highest BCUT2D eigenvalue weighted by atomic mass is 35.5. The van der Waals surface area contributed by atoms with E-state index in [1.54, 1.807) is 12.1 Å². The summed E-state index contributed by atoms with van der Waals surface area (Å²) in [6, 6.07) is 6.52. The number of carbonyl (C=O) groups is 1. The Kier molecular flexibility index (Phi) is 6.39. The van der Waals surface area contributed by atoms with Crippen molar-refractivity contribution in [2.24, 2.45) is 0 Å². The van der Waals surface area contributed by atoms with E-state index in [0.717, 1.165) is 31.5 Å². The number of benzene rings is 1. The van der Waals surface area contributed by atoms with Crippen molar-refractivity contribution < 1.29 is 13.9 Å². The summed E-state index contributed by atoms with van der Waals surface area (Å²) in [5.41, 5.74) is 0.294. The topological polar surface area (TPSA) is 50.4 Å². The average molecular weight is 343 g/mol. The highest BCUT2D eigenvalue weighted by Crippen LogP contribution is 2.35. The number of ether oxygens (including phenoxy) is 1. The molecule has 2 saturated heterocycles. The monoisotopic (exact) mass is 342 g/mol. The number of rotatable bonds is 3. The first-order valence-corrected chi connectivity index (χ1v) is 8.06. The van der Waals surface area contributed by atoms with E-state index >= 15 is 0 Å². The molecule has 2 aliphatic rings. The largest absolute Gasteiger partial charge is 0.381 e. The molecule has 4 nitrogen and oxygen atoms in total. The molecule has 0 unspecified atom stereocenters. The third kappa shape index (κ3) is 4.03. The lowest BCUT2D eigenvalue weighted by Gasteiger charge is -2.38. The Morgan fingerprint density at radius 3 is 2.57 bits per heavy atom. The Bertz CT molecular complexity index is 512. The van der Waals surface area contributed by atoms with Crippen molar-refractivity contribution in [3.05, 3.63) is 35.6 Å². The van der Waals surface area contributed by atoms with Crippen LogP contribution >= 0.6 is 12.4 Å². The number of halogens is 2. The summed E-state index contributed by atoms with van der Waals surface area (Å²) in [6.45, 7) is 2.96. The zero-order valence-corrected chi connectivity index (χ0v) is 14.0. The molecule has 2 heterocycles. The van der Waals surface area contributed by atoms with Gasteiger partial charge in [-0.2, -0.15) is 0 Å². The minimum Gasteiger partial charge on any atom is -0.381 e. The van der Waals surface area contributed by atoms with Crippen LogP contribution in [0.5, 0.6) is 0 Å². The second-order valence-electron chi connectivity index (χ2n) is 6.22. The summed E-state index contributed by atoms with van der Waals surface area (Å²) in [7, 11) is 0. The molecule has 2 fully saturated rings. The van der Waals surface area contributed by atoms with Crippen LogP contribution in [0.3, 0.4) is 0 Å². The van der Waals surface area contributed by atoms with Gasteiger partial charge in [-0.05, 0) is 49.9 Å². The molecule has 0 saturated carbocycles. The minimum atomic E-state index is -0.594. The van der Waals surface area contributed by atoms with Gasteiger partial charge in [0.05, 0.1) is 5.41 Å². The lowest BCUT2D eigenvalue weighted by atomic mass is 9.73. The predicted octanol–water partition coefficient (Wildman–Crippen LogP) is 2.16. The molecule has 1 atom stereocenters. The van der Waals surface area contributed by atoms with E-state index < -0.39 is 5.41 Å². The highest BCUT2D eigenvalue weighted by Gasteiger charge is 2.42. The maximum Gasteiger partial charge on any atom is 0.231 e. The van der Waals surface area contributed by atoms with Gasteiger partial charge in [0.2, 0.25) is 5.91 Å². The second-order valence-corrected chi connectivity index (χ2v) is 6.22. The van der Waals surface area contributed by atoms with Crippen LogP contribution in [0.2, 0.25) is 0 Å². The lowest BCUT2D eigenvalue weighted by Crippen LogP contribution is -2.54. The Morgan fingerprint density at radius 2 is 1.96 bits per heavy atom. The Balaban J connectivity index is 0.00000192. The molecule has 1 aromatic rings. The van der Waals surface area contributed by atoms with Gasteiger partial charge in [-0.15, -0.1) is 12.4 Å². The predicted molar refractivity (Wildman–Crippen MR) is 89.4 cm³/mol. The summed E-state index contributed by atoms with van der Waals surface area (Å²) in [5.74, 6) is -0.223. The van der Waals surface area contributed by atoms with Gasteiger partial charge in [-0.25, -0.2) is 4.39 Å². The molecular formula is C17H24ClFN2O2.